The Morgan fingerprint density at radius 1 is 1.10 bits per heavy atom. The lowest BCUT2D eigenvalue weighted by atomic mass is 10.1. The first-order chi connectivity index (χ1) is 9.49. The molecule has 1 heterocycles. The molecule has 5 heteroatoms. The molecule has 106 valence electrons. The van der Waals surface area contributed by atoms with E-state index in [1.165, 1.54) is 11.1 Å². The number of ether oxygens (including phenoxy) is 1. The molecule has 0 atom stereocenters. The summed E-state index contributed by atoms with van der Waals surface area (Å²) >= 11 is 0. The maximum atomic E-state index is 5.80. The van der Waals surface area contributed by atoms with Crippen molar-refractivity contribution in [2.24, 2.45) is 5.84 Å². The van der Waals surface area contributed by atoms with Gasteiger partial charge in [-0.2, -0.15) is 4.98 Å². The predicted molar refractivity (Wildman–Crippen MR) is 79.9 cm³/mol. The van der Waals surface area contributed by atoms with Crippen LogP contribution in [0, 0.1) is 13.8 Å². The van der Waals surface area contributed by atoms with Gasteiger partial charge in [-0.1, -0.05) is 19.9 Å². The third-order valence-electron chi connectivity index (χ3n) is 3.09. The number of nitrogens with zero attached hydrogens (tertiary/aromatic N) is 2. The Kier molecular flexibility index (Phi) is 4.20. The van der Waals surface area contributed by atoms with E-state index in [1.54, 1.807) is 6.07 Å². The van der Waals surface area contributed by atoms with Gasteiger partial charge in [0.2, 0.25) is 5.88 Å². The Morgan fingerprint density at radius 3 is 2.45 bits per heavy atom. The molecule has 0 saturated heterocycles. The van der Waals surface area contributed by atoms with Gasteiger partial charge < -0.3 is 10.2 Å². The van der Waals surface area contributed by atoms with Gasteiger partial charge in [-0.15, -0.1) is 0 Å². The molecule has 0 spiro atoms. The Hall–Kier alpha value is -2.14. The highest BCUT2D eigenvalue weighted by atomic mass is 16.5. The number of nitrogens with two attached hydrogens (primary N) is 1. The second-order valence-corrected chi connectivity index (χ2v) is 5.10. The molecule has 20 heavy (non-hydrogen) atoms. The van der Waals surface area contributed by atoms with E-state index in [-0.39, 0.29) is 5.92 Å². The van der Waals surface area contributed by atoms with Gasteiger partial charge in [0.25, 0.3) is 0 Å². The molecule has 0 aliphatic heterocycles. The van der Waals surface area contributed by atoms with Crippen LogP contribution in [0.3, 0.4) is 0 Å². The number of benzene rings is 1. The summed E-state index contributed by atoms with van der Waals surface area (Å²) in [5, 5.41) is 0. The van der Waals surface area contributed by atoms with Crippen molar-refractivity contribution >= 4 is 5.82 Å². The monoisotopic (exact) mass is 272 g/mol. The van der Waals surface area contributed by atoms with Crippen LogP contribution in [-0.4, -0.2) is 9.97 Å². The van der Waals surface area contributed by atoms with E-state index >= 15 is 0 Å². The van der Waals surface area contributed by atoms with Crippen LogP contribution in [-0.2, 0) is 0 Å². The highest BCUT2D eigenvalue weighted by Gasteiger charge is 2.09. The molecule has 2 aromatic rings. The van der Waals surface area contributed by atoms with Crippen molar-refractivity contribution in [1.29, 1.82) is 0 Å². The molecular formula is C15H20N4O. The number of hydrogen-bond donors (Lipinski definition) is 2. The lowest BCUT2D eigenvalue weighted by molar-refractivity contribution is 0.457. The summed E-state index contributed by atoms with van der Waals surface area (Å²) in [6.45, 7) is 8.16. The van der Waals surface area contributed by atoms with Crippen LogP contribution in [0.5, 0.6) is 11.6 Å². The van der Waals surface area contributed by atoms with Crippen LogP contribution in [0.25, 0.3) is 0 Å². The highest BCUT2D eigenvalue weighted by Crippen LogP contribution is 2.25. The summed E-state index contributed by atoms with van der Waals surface area (Å²) in [6, 6.07) is 7.62. The third kappa shape index (κ3) is 3.24. The molecule has 5 nitrogen and oxygen atoms in total. The molecule has 1 aromatic carbocycles. The van der Waals surface area contributed by atoms with E-state index in [2.05, 4.69) is 29.2 Å². The summed E-state index contributed by atoms with van der Waals surface area (Å²) in [5.41, 5.74) is 4.95. The number of hydrogen-bond acceptors (Lipinski definition) is 5. The number of anilines is 1. The SMILES string of the molecule is Cc1ccc(Oc2cc(NN)nc(C(C)C)n2)cc1C. The molecule has 1 aromatic heterocycles. The highest BCUT2D eigenvalue weighted by molar-refractivity contribution is 5.40. The first kappa shape index (κ1) is 14.3. The van der Waals surface area contributed by atoms with Crippen LogP contribution in [0.2, 0.25) is 0 Å². The van der Waals surface area contributed by atoms with E-state index in [1.807, 2.05) is 32.0 Å². The van der Waals surface area contributed by atoms with E-state index in [0.29, 0.717) is 17.5 Å². The van der Waals surface area contributed by atoms with Crippen molar-refractivity contribution < 1.29 is 4.74 Å². The van der Waals surface area contributed by atoms with Crippen LogP contribution in [0.1, 0.15) is 36.7 Å². The minimum absolute atomic E-state index is 0.199. The quantitative estimate of drug-likeness (QED) is 0.660. The van der Waals surface area contributed by atoms with Crippen molar-refractivity contribution in [3.63, 3.8) is 0 Å². The van der Waals surface area contributed by atoms with E-state index in [4.69, 9.17) is 10.6 Å². The average Bonchev–Trinajstić information content (AvgIpc) is 2.42. The fourth-order valence-corrected chi connectivity index (χ4v) is 1.73. The third-order valence-corrected chi connectivity index (χ3v) is 3.09. The lowest BCUT2D eigenvalue weighted by Gasteiger charge is -2.11. The fourth-order valence-electron chi connectivity index (χ4n) is 1.73. The number of aromatic nitrogens is 2. The molecular weight excluding hydrogens is 252 g/mol. The molecule has 2 rings (SSSR count). The molecule has 0 unspecified atom stereocenters. The zero-order chi connectivity index (χ0) is 14.7. The summed E-state index contributed by atoms with van der Waals surface area (Å²) in [4.78, 5) is 8.70. The molecule has 0 bridgehead atoms. The number of nitrogen functional groups attached to an aromatic ring is 1. The van der Waals surface area contributed by atoms with Gasteiger partial charge in [0, 0.05) is 12.0 Å². The molecule has 0 aliphatic carbocycles. The van der Waals surface area contributed by atoms with Gasteiger partial charge in [-0.05, 0) is 37.1 Å². The Bertz CT molecular complexity index is 611. The van der Waals surface area contributed by atoms with E-state index in [9.17, 15) is 0 Å². The van der Waals surface area contributed by atoms with Gasteiger partial charge in [0.1, 0.15) is 17.4 Å². The van der Waals surface area contributed by atoms with E-state index in [0.717, 1.165) is 5.75 Å². The van der Waals surface area contributed by atoms with Crippen molar-refractivity contribution in [2.45, 2.75) is 33.6 Å². The van der Waals surface area contributed by atoms with Gasteiger partial charge in [-0.25, -0.2) is 10.8 Å². The summed E-state index contributed by atoms with van der Waals surface area (Å²) < 4.78 is 5.80. The number of nitrogens with one attached hydrogen (secondary N) is 1. The minimum Gasteiger partial charge on any atom is -0.439 e. The second kappa shape index (κ2) is 5.88. The van der Waals surface area contributed by atoms with Crippen LogP contribution in [0.15, 0.2) is 24.3 Å². The van der Waals surface area contributed by atoms with Crippen molar-refractivity contribution in [3.8, 4) is 11.6 Å². The molecule has 0 fully saturated rings. The Balaban J connectivity index is 2.32. The standard InChI is InChI=1S/C15H20N4O/c1-9(2)15-17-13(19-16)8-14(18-15)20-12-6-5-10(3)11(4)7-12/h5-9H,16H2,1-4H3,(H,17,18,19). The molecule has 3 N–H and O–H groups in total. The van der Waals surface area contributed by atoms with E-state index < -0.39 is 0 Å². The van der Waals surface area contributed by atoms with Gasteiger partial charge >= 0.3 is 0 Å². The minimum atomic E-state index is 0.199. The van der Waals surface area contributed by atoms with Crippen LogP contribution in [0.4, 0.5) is 5.82 Å². The van der Waals surface area contributed by atoms with Crippen molar-refractivity contribution in [3.05, 3.63) is 41.2 Å². The fraction of sp³-hybridized carbons (Fsp3) is 0.333. The molecule has 0 saturated carbocycles. The molecule has 0 radical (unpaired) electrons. The average molecular weight is 272 g/mol. The maximum Gasteiger partial charge on any atom is 0.224 e. The number of aryl methyl sites for hydroxylation is 2. The zero-order valence-electron chi connectivity index (χ0n) is 12.3. The van der Waals surface area contributed by atoms with Crippen LogP contribution >= 0.6 is 0 Å². The summed E-state index contributed by atoms with van der Waals surface area (Å²) in [6.07, 6.45) is 0. The smallest absolute Gasteiger partial charge is 0.224 e. The van der Waals surface area contributed by atoms with Crippen LogP contribution < -0.4 is 16.0 Å². The Labute approximate surface area is 119 Å². The van der Waals surface area contributed by atoms with Gasteiger partial charge in [0.15, 0.2) is 0 Å². The summed E-state index contributed by atoms with van der Waals surface area (Å²) in [7, 11) is 0. The molecule has 0 aliphatic rings. The number of hydrazine groups is 1. The first-order valence-electron chi connectivity index (χ1n) is 6.60. The van der Waals surface area contributed by atoms with Gasteiger partial charge in [0.05, 0.1) is 0 Å². The van der Waals surface area contributed by atoms with Crippen molar-refractivity contribution in [1.82, 2.24) is 9.97 Å². The maximum absolute atomic E-state index is 5.80. The zero-order valence-corrected chi connectivity index (χ0v) is 12.3. The molecule has 0 amide bonds. The normalized spacial score (nSPS) is 10.7. The topological polar surface area (TPSA) is 73.1 Å². The first-order valence-corrected chi connectivity index (χ1v) is 6.60. The predicted octanol–water partition coefficient (Wildman–Crippen LogP) is 3.29. The number of rotatable bonds is 4. The summed E-state index contributed by atoms with van der Waals surface area (Å²) in [5.74, 6) is 8.11. The van der Waals surface area contributed by atoms with Gasteiger partial charge in [-0.3, -0.25) is 0 Å². The lowest BCUT2D eigenvalue weighted by Crippen LogP contribution is -2.11. The second-order valence-electron chi connectivity index (χ2n) is 5.10. The largest absolute Gasteiger partial charge is 0.439 e. The van der Waals surface area contributed by atoms with Crippen molar-refractivity contribution in [2.75, 3.05) is 5.43 Å². The Morgan fingerprint density at radius 2 is 1.85 bits per heavy atom.